The number of ether oxygens (including phenoxy) is 3. The van der Waals surface area contributed by atoms with Crippen molar-refractivity contribution in [2.45, 2.75) is 95.8 Å². The standard InChI is InChI=1S/C38H54ClN3O6S/c1-25-9-8-11-33(37-47-23-38(3,24-48-37)41(4)5)32-16-13-29(32)21-42-18-7-6-10-27-19-31(39)15-12-30(27)22-46-35-17-14-28(20-34(35)42)36(43)40-49(44,45)26(25)2/h12,14-15,17,19-20,25-26,29,32-33,37H,6-11,13,16,18,21-24H2,1-5H3,(H,40,43)/t25-,26+,29-,32+,33+,37?,38?/m0/s1. The van der Waals surface area contributed by atoms with E-state index in [2.05, 4.69) is 35.5 Å². The predicted octanol–water partition coefficient (Wildman–Crippen LogP) is 6.67. The molecule has 2 bridgehead atoms. The number of amides is 1. The smallest absolute Gasteiger partial charge is 0.264 e. The lowest BCUT2D eigenvalue weighted by Gasteiger charge is -2.50. The molecule has 0 unspecified atom stereocenters. The summed E-state index contributed by atoms with van der Waals surface area (Å²) in [5, 5.41) is -0.00670. The van der Waals surface area contributed by atoms with Gasteiger partial charge in [-0.05, 0) is 132 Å². The third-order valence-corrected chi connectivity index (χ3v) is 14.1. The summed E-state index contributed by atoms with van der Waals surface area (Å²) in [6, 6.07) is 11.3. The van der Waals surface area contributed by atoms with Gasteiger partial charge in [-0.2, -0.15) is 0 Å². The molecule has 3 aliphatic heterocycles. The molecule has 11 heteroatoms. The Labute approximate surface area is 298 Å². The average Bonchev–Trinajstić information content (AvgIpc) is 3.08. The Morgan fingerprint density at radius 1 is 0.939 bits per heavy atom. The number of carbonyl (C=O) groups is 1. The Morgan fingerprint density at radius 2 is 1.71 bits per heavy atom. The fourth-order valence-electron chi connectivity index (χ4n) is 7.92. The van der Waals surface area contributed by atoms with Gasteiger partial charge in [0.05, 0.1) is 29.7 Å². The number of sulfonamides is 1. The zero-order valence-corrected chi connectivity index (χ0v) is 31.3. The third kappa shape index (κ3) is 8.09. The zero-order valence-electron chi connectivity index (χ0n) is 29.8. The number of carbonyl (C=O) groups excluding carboxylic acids is 1. The third-order valence-electron chi connectivity index (χ3n) is 12.0. The maximum Gasteiger partial charge on any atom is 0.264 e. The number of hydrogen-bond donors (Lipinski definition) is 1. The number of nitrogens with one attached hydrogen (secondary N) is 1. The molecule has 2 aromatic carbocycles. The fourth-order valence-corrected chi connectivity index (χ4v) is 9.42. The molecule has 49 heavy (non-hydrogen) atoms. The fraction of sp³-hybridized carbons (Fsp3) is 0.658. The minimum atomic E-state index is -3.91. The molecule has 3 heterocycles. The summed E-state index contributed by atoms with van der Waals surface area (Å²) >= 11 is 6.38. The van der Waals surface area contributed by atoms with Gasteiger partial charge in [0, 0.05) is 29.6 Å². The number of hydrogen-bond acceptors (Lipinski definition) is 8. The highest BCUT2D eigenvalue weighted by Gasteiger charge is 2.45. The van der Waals surface area contributed by atoms with Crippen LogP contribution in [0.2, 0.25) is 5.02 Å². The number of likely N-dealkylation sites (N-methyl/N-ethyl adjacent to an activating group) is 1. The predicted molar refractivity (Wildman–Crippen MR) is 194 cm³/mol. The Morgan fingerprint density at radius 3 is 2.43 bits per heavy atom. The van der Waals surface area contributed by atoms with Crippen molar-refractivity contribution in [1.82, 2.24) is 9.62 Å². The SMILES string of the molecule is C[C@@H]1[C@@H](C)CCC[C@@H](C2OCC(C)(N(C)C)CO2)[C@@H]2CC[C@H]2CN2CCCCc3cc(Cl)ccc3COc3ccc(cc32)C(=O)NS1(=O)=O. The van der Waals surface area contributed by atoms with Crippen LogP contribution in [-0.4, -0.2) is 76.7 Å². The highest BCUT2D eigenvalue weighted by molar-refractivity contribution is 7.90. The van der Waals surface area contributed by atoms with Crippen molar-refractivity contribution in [2.75, 3.05) is 45.3 Å². The Kier molecular flexibility index (Phi) is 11.2. The number of halogens is 1. The van der Waals surface area contributed by atoms with Crippen LogP contribution in [0.25, 0.3) is 0 Å². The van der Waals surface area contributed by atoms with Gasteiger partial charge >= 0.3 is 0 Å². The number of nitrogens with zero attached hydrogens (tertiary/aromatic N) is 2. The number of rotatable bonds is 2. The molecule has 0 aromatic heterocycles. The number of benzene rings is 2. The van der Waals surface area contributed by atoms with E-state index in [0.717, 1.165) is 80.7 Å². The van der Waals surface area contributed by atoms with E-state index in [4.69, 9.17) is 25.8 Å². The zero-order chi connectivity index (χ0) is 34.9. The van der Waals surface area contributed by atoms with Crippen LogP contribution in [0.5, 0.6) is 5.75 Å². The van der Waals surface area contributed by atoms with Crippen LogP contribution in [-0.2, 0) is 32.5 Å². The first kappa shape index (κ1) is 36.4. The van der Waals surface area contributed by atoms with Gasteiger partial charge in [-0.15, -0.1) is 0 Å². The van der Waals surface area contributed by atoms with Crippen LogP contribution in [0.1, 0.15) is 87.2 Å². The second-order valence-corrected chi connectivity index (χ2v) is 17.9. The molecule has 1 saturated heterocycles. The van der Waals surface area contributed by atoms with Gasteiger partial charge in [0.15, 0.2) is 6.29 Å². The molecule has 6 rings (SSSR count). The Bertz CT molecular complexity index is 1590. The van der Waals surface area contributed by atoms with E-state index in [-0.39, 0.29) is 23.7 Å². The molecule has 1 saturated carbocycles. The second-order valence-electron chi connectivity index (χ2n) is 15.4. The maximum absolute atomic E-state index is 13.5. The van der Waals surface area contributed by atoms with Crippen molar-refractivity contribution < 1.29 is 27.4 Å². The largest absolute Gasteiger partial charge is 0.487 e. The lowest BCUT2D eigenvalue weighted by molar-refractivity contribution is -0.260. The lowest BCUT2D eigenvalue weighted by Crippen LogP contribution is -2.57. The lowest BCUT2D eigenvalue weighted by atomic mass is 9.65. The van der Waals surface area contributed by atoms with Crippen molar-refractivity contribution in [3.8, 4) is 5.75 Å². The molecule has 4 aliphatic rings. The van der Waals surface area contributed by atoms with Crippen molar-refractivity contribution in [2.24, 2.45) is 23.7 Å². The summed E-state index contributed by atoms with van der Waals surface area (Å²) in [7, 11) is 0.224. The maximum atomic E-state index is 13.5. The molecule has 5 atom stereocenters. The number of anilines is 1. The highest BCUT2D eigenvalue weighted by Crippen LogP contribution is 2.47. The number of aryl methyl sites for hydroxylation is 1. The monoisotopic (exact) mass is 715 g/mol. The first-order valence-electron chi connectivity index (χ1n) is 18.1. The normalized spacial score (nSPS) is 32.8. The molecule has 1 amide bonds. The Hall–Kier alpha value is -2.37. The van der Waals surface area contributed by atoms with Gasteiger partial charge in [-0.3, -0.25) is 9.69 Å². The van der Waals surface area contributed by atoms with Gasteiger partial charge in [0.2, 0.25) is 10.0 Å². The summed E-state index contributed by atoms with van der Waals surface area (Å²) in [4.78, 5) is 18.1. The van der Waals surface area contributed by atoms with Crippen molar-refractivity contribution in [3.05, 3.63) is 58.1 Å². The molecule has 0 radical (unpaired) electrons. The summed E-state index contributed by atoms with van der Waals surface area (Å²) in [5.41, 5.74) is 3.24. The molecule has 1 N–H and O–H groups in total. The number of fused-ring (bicyclic) bond motifs is 3. The van der Waals surface area contributed by atoms with E-state index >= 15 is 0 Å². The van der Waals surface area contributed by atoms with Crippen LogP contribution >= 0.6 is 11.6 Å². The van der Waals surface area contributed by atoms with Crippen LogP contribution in [0.15, 0.2) is 36.4 Å². The first-order chi connectivity index (χ1) is 23.3. The summed E-state index contributed by atoms with van der Waals surface area (Å²) in [5.74, 6) is 0.993. The molecule has 0 spiro atoms. The molecular weight excluding hydrogens is 662 g/mol. The van der Waals surface area contributed by atoms with Gasteiger partial charge < -0.3 is 19.1 Å². The van der Waals surface area contributed by atoms with Gasteiger partial charge in [-0.25, -0.2) is 13.1 Å². The van der Waals surface area contributed by atoms with E-state index in [1.807, 2.05) is 37.3 Å². The molecule has 2 aromatic rings. The van der Waals surface area contributed by atoms with E-state index in [1.54, 1.807) is 13.0 Å². The topological polar surface area (TPSA) is 97.4 Å². The summed E-state index contributed by atoms with van der Waals surface area (Å²) in [6.07, 6.45) is 7.28. The minimum Gasteiger partial charge on any atom is -0.487 e. The van der Waals surface area contributed by atoms with Crippen molar-refractivity contribution in [1.29, 1.82) is 0 Å². The molecular formula is C38H54ClN3O6S. The van der Waals surface area contributed by atoms with E-state index in [9.17, 15) is 13.2 Å². The summed E-state index contributed by atoms with van der Waals surface area (Å²) in [6.45, 7) is 9.04. The highest BCUT2D eigenvalue weighted by atomic mass is 35.5. The molecule has 9 nitrogen and oxygen atoms in total. The summed E-state index contributed by atoms with van der Waals surface area (Å²) < 4.78 is 48.9. The van der Waals surface area contributed by atoms with Crippen LogP contribution < -0.4 is 14.4 Å². The van der Waals surface area contributed by atoms with Gasteiger partial charge in [-0.1, -0.05) is 31.0 Å². The van der Waals surface area contributed by atoms with E-state index in [1.165, 1.54) is 5.56 Å². The second kappa shape index (κ2) is 15.1. The van der Waals surface area contributed by atoms with Crippen molar-refractivity contribution in [3.63, 3.8) is 0 Å². The van der Waals surface area contributed by atoms with Crippen LogP contribution in [0.3, 0.4) is 0 Å². The van der Waals surface area contributed by atoms with Crippen molar-refractivity contribution >= 4 is 33.2 Å². The average molecular weight is 716 g/mol. The minimum absolute atomic E-state index is 0.129. The quantitative estimate of drug-likeness (QED) is 0.369. The Balaban J connectivity index is 1.35. The first-order valence-corrected chi connectivity index (χ1v) is 20.0. The van der Waals surface area contributed by atoms with E-state index < -0.39 is 21.2 Å². The van der Waals surface area contributed by atoms with Crippen LogP contribution in [0.4, 0.5) is 5.69 Å². The molecule has 270 valence electrons. The van der Waals surface area contributed by atoms with Gasteiger partial charge in [0.1, 0.15) is 12.4 Å². The molecule has 1 aliphatic carbocycles. The van der Waals surface area contributed by atoms with Gasteiger partial charge in [0.25, 0.3) is 5.91 Å². The van der Waals surface area contributed by atoms with Crippen LogP contribution in [0, 0.1) is 23.7 Å². The van der Waals surface area contributed by atoms with E-state index in [0.29, 0.717) is 43.0 Å². The molecule has 2 fully saturated rings.